The molecule has 0 aliphatic rings. The van der Waals surface area contributed by atoms with Gasteiger partial charge in [-0.15, -0.1) is 11.3 Å². The van der Waals surface area contributed by atoms with Crippen molar-refractivity contribution in [2.45, 2.75) is 26.8 Å². The van der Waals surface area contributed by atoms with Gasteiger partial charge in [-0.2, -0.15) is 5.26 Å². The topological polar surface area (TPSA) is 73.1 Å². The van der Waals surface area contributed by atoms with Crippen LogP contribution in [-0.2, 0) is 13.0 Å². The fourth-order valence-electron chi connectivity index (χ4n) is 2.08. The van der Waals surface area contributed by atoms with Crippen molar-refractivity contribution in [3.8, 4) is 6.07 Å². The third-order valence-electron chi connectivity index (χ3n) is 3.23. The molecule has 0 atom stereocenters. The van der Waals surface area contributed by atoms with Crippen molar-refractivity contribution in [1.82, 2.24) is 15.6 Å². The molecule has 0 aliphatic heterocycles. The van der Waals surface area contributed by atoms with Crippen LogP contribution in [0.5, 0.6) is 0 Å². The Morgan fingerprint density at radius 3 is 2.92 bits per heavy atom. The highest BCUT2D eigenvalue weighted by molar-refractivity contribution is 7.11. The van der Waals surface area contributed by atoms with Crippen molar-refractivity contribution in [3.05, 3.63) is 51.2 Å². The first-order chi connectivity index (χ1) is 11.6. The number of benzene rings is 1. The molecule has 2 rings (SSSR count). The van der Waals surface area contributed by atoms with Crippen LogP contribution in [-0.4, -0.2) is 24.0 Å². The van der Waals surface area contributed by atoms with Crippen LogP contribution in [0.15, 0.2) is 29.4 Å². The molecule has 0 saturated carbocycles. The van der Waals surface area contributed by atoms with E-state index in [0.29, 0.717) is 30.2 Å². The van der Waals surface area contributed by atoms with Gasteiger partial charge in [-0.05, 0) is 32.0 Å². The van der Waals surface area contributed by atoms with Crippen molar-refractivity contribution in [2.24, 2.45) is 4.99 Å². The minimum atomic E-state index is -0.355. The number of rotatable bonds is 6. The van der Waals surface area contributed by atoms with E-state index in [2.05, 4.69) is 20.6 Å². The normalized spacial score (nSPS) is 11.2. The molecule has 24 heavy (non-hydrogen) atoms. The smallest absolute Gasteiger partial charge is 0.191 e. The Labute approximate surface area is 145 Å². The average molecular weight is 345 g/mol. The molecular formula is C17H20FN5S. The highest BCUT2D eigenvalue weighted by Crippen LogP contribution is 2.12. The molecule has 0 amide bonds. The third kappa shape index (κ3) is 5.32. The van der Waals surface area contributed by atoms with Crippen LogP contribution in [0, 0.1) is 24.1 Å². The second-order valence-corrected chi connectivity index (χ2v) is 6.47. The lowest BCUT2D eigenvalue weighted by Crippen LogP contribution is -2.38. The number of nitrogens with zero attached hydrogens (tertiary/aromatic N) is 3. The quantitative estimate of drug-likeness (QED) is 0.624. The van der Waals surface area contributed by atoms with Crippen LogP contribution in [0.3, 0.4) is 0 Å². The Balaban J connectivity index is 1.96. The Morgan fingerprint density at radius 2 is 2.25 bits per heavy atom. The lowest BCUT2D eigenvalue weighted by molar-refractivity contribution is 0.610. The molecule has 0 fully saturated rings. The number of hydrogen-bond acceptors (Lipinski definition) is 4. The predicted octanol–water partition coefficient (Wildman–Crippen LogP) is 2.76. The maximum absolute atomic E-state index is 13.8. The predicted molar refractivity (Wildman–Crippen MR) is 94.5 cm³/mol. The van der Waals surface area contributed by atoms with Gasteiger partial charge in [-0.25, -0.2) is 14.4 Å². The summed E-state index contributed by atoms with van der Waals surface area (Å²) in [5.74, 6) is 0.263. The molecule has 0 bridgehead atoms. The first-order valence-electron chi connectivity index (χ1n) is 7.74. The van der Waals surface area contributed by atoms with Crippen LogP contribution in [0.2, 0.25) is 0 Å². The zero-order valence-electron chi connectivity index (χ0n) is 13.8. The van der Waals surface area contributed by atoms with Gasteiger partial charge in [-0.3, -0.25) is 0 Å². The Kier molecular flexibility index (Phi) is 6.70. The first-order valence-corrected chi connectivity index (χ1v) is 8.56. The van der Waals surface area contributed by atoms with Crippen LogP contribution < -0.4 is 10.6 Å². The van der Waals surface area contributed by atoms with Crippen LogP contribution in [0.1, 0.15) is 27.9 Å². The fourth-order valence-corrected chi connectivity index (χ4v) is 2.86. The lowest BCUT2D eigenvalue weighted by Gasteiger charge is -2.11. The van der Waals surface area contributed by atoms with E-state index in [4.69, 9.17) is 5.26 Å². The van der Waals surface area contributed by atoms with Crippen molar-refractivity contribution < 1.29 is 4.39 Å². The molecular weight excluding hydrogens is 325 g/mol. The molecule has 2 aromatic rings. The molecule has 126 valence electrons. The lowest BCUT2D eigenvalue weighted by atomic mass is 10.1. The van der Waals surface area contributed by atoms with Crippen molar-refractivity contribution in [1.29, 1.82) is 5.26 Å². The highest BCUT2D eigenvalue weighted by Gasteiger charge is 2.05. The standard InChI is InChI=1S/C17H20FN5S/c1-3-20-17(21-7-6-16-22-10-12(2)24-16)23-11-14-8-13(9-19)4-5-15(14)18/h4-5,8,10H,3,6-7,11H2,1-2H3,(H2,20,21,23). The number of guanidine groups is 1. The summed E-state index contributed by atoms with van der Waals surface area (Å²) in [5.41, 5.74) is 0.834. The van der Waals surface area contributed by atoms with Gasteiger partial charge >= 0.3 is 0 Å². The monoisotopic (exact) mass is 345 g/mol. The van der Waals surface area contributed by atoms with E-state index in [1.807, 2.05) is 26.1 Å². The van der Waals surface area contributed by atoms with E-state index in [9.17, 15) is 4.39 Å². The van der Waals surface area contributed by atoms with E-state index < -0.39 is 0 Å². The summed E-state index contributed by atoms with van der Waals surface area (Å²) in [6, 6.07) is 6.30. The van der Waals surface area contributed by atoms with Gasteiger partial charge in [0, 0.05) is 36.1 Å². The zero-order valence-corrected chi connectivity index (χ0v) is 14.6. The molecule has 2 N–H and O–H groups in total. The number of nitrogens with one attached hydrogen (secondary N) is 2. The molecule has 0 saturated heterocycles. The molecule has 1 heterocycles. The molecule has 7 heteroatoms. The van der Waals surface area contributed by atoms with Crippen LogP contribution in [0.25, 0.3) is 0 Å². The summed E-state index contributed by atoms with van der Waals surface area (Å²) >= 11 is 1.68. The van der Waals surface area contributed by atoms with Crippen LogP contribution >= 0.6 is 11.3 Å². The summed E-state index contributed by atoms with van der Waals surface area (Å²) in [5, 5.41) is 16.3. The van der Waals surface area contributed by atoms with Crippen molar-refractivity contribution in [3.63, 3.8) is 0 Å². The van der Waals surface area contributed by atoms with E-state index in [1.165, 1.54) is 23.1 Å². The SMILES string of the molecule is CCNC(=NCc1cc(C#N)ccc1F)NCCc1ncc(C)s1. The van der Waals surface area contributed by atoms with Gasteiger partial charge in [0.05, 0.1) is 23.2 Å². The number of hydrogen-bond donors (Lipinski definition) is 2. The molecule has 5 nitrogen and oxygen atoms in total. The molecule has 0 spiro atoms. The molecule has 0 unspecified atom stereocenters. The van der Waals surface area contributed by atoms with Gasteiger partial charge in [0.25, 0.3) is 0 Å². The van der Waals surface area contributed by atoms with E-state index in [1.54, 1.807) is 11.3 Å². The highest BCUT2D eigenvalue weighted by atomic mass is 32.1. The average Bonchev–Trinajstić information content (AvgIpc) is 2.99. The number of halogens is 1. The number of aliphatic imine (C=N–C) groups is 1. The summed E-state index contributed by atoms with van der Waals surface area (Å²) in [7, 11) is 0. The summed E-state index contributed by atoms with van der Waals surface area (Å²) in [6.45, 7) is 5.58. The van der Waals surface area contributed by atoms with E-state index in [0.717, 1.165) is 11.4 Å². The number of nitriles is 1. The van der Waals surface area contributed by atoms with Crippen LogP contribution in [0.4, 0.5) is 4.39 Å². The maximum atomic E-state index is 13.8. The van der Waals surface area contributed by atoms with Gasteiger partial charge in [0.1, 0.15) is 5.82 Å². The summed E-state index contributed by atoms with van der Waals surface area (Å²) < 4.78 is 13.8. The number of aryl methyl sites for hydroxylation is 1. The van der Waals surface area contributed by atoms with E-state index in [-0.39, 0.29) is 12.4 Å². The largest absolute Gasteiger partial charge is 0.357 e. The second kappa shape index (κ2) is 8.99. The zero-order chi connectivity index (χ0) is 17.4. The Morgan fingerprint density at radius 1 is 1.42 bits per heavy atom. The third-order valence-corrected chi connectivity index (χ3v) is 4.20. The van der Waals surface area contributed by atoms with Crippen molar-refractivity contribution in [2.75, 3.05) is 13.1 Å². The first kappa shape index (κ1) is 17.9. The minimum Gasteiger partial charge on any atom is -0.357 e. The minimum absolute atomic E-state index is 0.174. The summed E-state index contributed by atoms with van der Waals surface area (Å²) in [4.78, 5) is 9.90. The van der Waals surface area contributed by atoms with Gasteiger partial charge in [0.15, 0.2) is 5.96 Å². The molecule has 0 radical (unpaired) electrons. The van der Waals surface area contributed by atoms with Gasteiger partial charge in [-0.1, -0.05) is 0 Å². The Bertz CT molecular complexity index is 748. The maximum Gasteiger partial charge on any atom is 0.191 e. The molecule has 0 aliphatic carbocycles. The van der Waals surface area contributed by atoms with Gasteiger partial charge < -0.3 is 10.6 Å². The molecule has 1 aromatic carbocycles. The Hall–Kier alpha value is -2.46. The fraction of sp³-hybridized carbons (Fsp3) is 0.353. The number of thiazole rings is 1. The molecule has 1 aromatic heterocycles. The van der Waals surface area contributed by atoms with E-state index >= 15 is 0 Å². The van der Waals surface area contributed by atoms with Crippen molar-refractivity contribution >= 4 is 17.3 Å². The number of aromatic nitrogens is 1. The summed E-state index contributed by atoms with van der Waals surface area (Å²) in [6.07, 6.45) is 2.67. The second-order valence-electron chi connectivity index (χ2n) is 5.15. The van der Waals surface area contributed by atoms with Gasteiger partial charge in [0.2, 0.25) is 0 Å².